The monoisotopic (exact) mass is 494 g/mol. The summed E-state index contributed by atoms with van der Waals surface area (Å²) in [5.74, 6) is 1.67. The number of alkyl carbamates (subject to hydrolysis) is 1. The molecule has 0 aliphatic rings. The molecule has 0 aliphatic carbocycles. The van der Waals surface area contributed by atoms with Crippen LogP contribution in [0.2, 0.25) is 0 Å². The molecule has 1 amide bonds. The fraction of sp³-hybridized carbons (Fsp3) is 0.192. The minimum absolute atomic E-state index is 0.0538. The molecule has 3 aromatic rings. The van der Waals surface area contributed by atoms with Gasteiger partial charge in [-0.3, -0.25) is 0 Å². The minimum atomic E-state index is -4.13. The lowest BCUT2D eigenvalue weighted by atomic mass is 10.1. The summed E-state index contributed by atoms with van der Waals surface area (Å²) in [5, 5.41) is 2.56. The molecule has 182 valence electrons. The Labute approximate surface area is 204 Å². The van der Waals surface area contributed by atoms with Crippen molar-refractivity contribution in [3.05, 3.63) is 90.5 Å². The maximum absolute atomic E-state index is 14.3. The Morgan fingerprint density at radius 2 is 1.51 bits per heavy atom. The van der Waals surface area contributed by atoms with Crippen molar-refractivity contribution in [1.82, 2.24) is 5.32 Å². The van der Waals surface area contributed by atoms with Crippen LogP contribution >= 0.6 is 7.60 Å². The molecular formula is C26H27N2O6P. The van der Waals surface area contributed by atoms with E-state index in [1.165, 1.54) is 0 Å². The molecule has 1 atom stereocenters. The number of carbonyl (C=O) groups is 1. The van der Waals surface area contributed by atoms with Gasteiger partial charge >= 0.3 is 13.7 Å². The van der Waals surface area contributed by atoms with Crippen molar-refractivity contribution in [2.45, 2.75) is 12.3 Å². The van der Waals surface area contributed by atoms with Gasteiger partial charge in [0.25, 0.3) is 0 Å². The number of carbonyl (C=O) groups excluding carboxylic acids is 1. The molecule has 3 N–H and O–H groups in total. The topological polar surface area (TPSA) is 109 Å². The number of ether oxygens (including phenoxy) is 2. The van der Waals surface area contributed by atoms with Crippen molar-refractivity contribution in [3.8, 4) is 23.8 Å². The van der Waals surface area contributed by atoms with Gasteiger partial charge < -0.3 is 29.6 Å². The van der Waals surface area contributed by atoms with Gasteiger partial charge in [0, 0.05) is 18.7 Å². The van der Waals surface area contributed by atoms with Crippen LogP contribution in [0.5, 0.6) is 11.5 Å². The molecule has 0 heterocycles. The quantitative estimate of drug-likeness (QED) is 0.160. The van der Waals surface area contributed by atoms with Gasteiger partial charge in [-0.15, -0.1) is 6.42 Å². The van der Waals surface area contributed by atoms with Gasteiger partial charge in [-0.2, -0.15) is 0 Å². The molecule has 0 radical (unpaired) electrons. The Kier molecular flexibility index (Phi) is 9.61. The normalized spacial score (nSPS) is 11.6. The maximum atomic E-state index is 14.3. The van der Waals surface area contributed by atoms with E-state index in [9.17, 15) is 9.36 Å². The number of nitrogen functional groups attached to an aromatic ring is 1. The Morgan fingerprint density at radius 3 is 2.06 bits per heavy atom. The number of terminal acetylenes is 1. The fourth-order valence-electron chi connectivity index (χ4n) is 2.99. The molecule has 9 heteroatoms. The SMILES string of the molecule is C#CCOCCNC(=O)OC(Cc1ccc(N)cc1)P(=O)(Oc1ccccc1)Oc1ccccc1. The molecule has 0 aromatic heterocycles. The van der Waals surface area contributed by atoms with Gasteiger partial charge in [-0.05, 0) is 42.0 Å². The first kappa shape index (κ1) is 25.7. The predicted molar refractivity (Wildman–Crippen MR) is 134 cm³/mol. The molecule has 0 saturated heterocycles. The number of hydrogen-bond acceptors (Lipinski definition) is 7. The van der Waals surface area contributed by atoms with Crippen molar-refractivity contribution in [2.24, 2.45) is 0 Å². The molecule has 1 unspecified atom stereocenters. The number of nitrogens with one attached hydrogen (secondary N) is 1. The van der Waals surface area contributed by atoms with Crippen LogP contribution in [0.15, 0.2) is 84.9 Å². The summed E-state index contributed by atoms with van der Waals surface area (Å²) in [6, 6.07) is 24.0. The number of nitrogens with two attached hydrogens (primary N) is 1. The predicted octanol–water partition coefficient (Wildman–Crippen LogP) is 4.86. The summed E-state index contributed by atoms with van der Waals surface area (Å²) in [6.07, 6.45) is 4.39. The fourth-order valence-corrected chi connectivity index (χ4v) is 4.75. The van der Waals surface area contributed by atoms with Crippen molar-refractivity contribution in [2.75, 3.05) is 25.5 Å². The second-order valence-electron chi connectivity index (χ2n) is 7.34. The second-order valence-corrected chi connectivity index (χ2v) is 9.36. The third-order valence-corrected chi connectivity index (χ3v) is 6.56. The highest BCUT2D eigenvalue weighted by Crippen LogP contribution is 2.54. The average molecular weight is 494 g/mol. The summed E-state index contributed by atoms with van der Waals surface area (Å²) in [5.41, 5.74) is 7.09. The van der Waals surface area contributed by atoms with Gasteiger partial charge in [0.1, 0.15) is 18.1 Å². The molecule has 0 saturated carbocycles. The third-order valence-electron chi connectivity index (χ3n) is 4.64. The average Bonchev–Trinajstić information content (AvgIpc) is 2.86. The Morgan fingerprint density at radius 1 is 0.943 bits per heavy atom. The summed E-state index contributed by atoms with van der Waals surface area (Å²) in [4.78, 5) is 12.6. The van der Waals surface area contributed by atoms with E-state index < -0.39 is 19.5 Å². The van der Waals surface area contributed by atoms with Gasteiger partial charge in [0.2, 0.25) is 5.85 Å². The Hall–Kier alpha value is -3.92. The molecule has 3 rings (SSSR count). The van der Waals surface area contributed by atoms with E-state index in [1.807, 2.05) is 0 Å². The molecule has 8 nitrogen and oxygen atoms in total. The number of amides is 1. The van der Waals surface area contributed by atoms with E-state index in [0.29, 0.717) is 17.2 Å². The lowest BCUT2D eigenvalue weighted by molar-refractivity contribution is 0.113. The molecule has 3 aromatic carbocycles. The number of benzene rings is 3. The molecule has 0 bridgehead atoms. The number of hydrogen-bond donors (Lipinski definition) is 2. The van der Waals surface area contributed by atoms with Crippen molar-refractivity contribution >= 4 is 19.4 Å². The lowest BCUT2D eigenvalue weighted by Crippen LogP contribution is -2.34. The summed E-state index contributed by atoms with van der Waals surface area (Å²) >= 11 is 0. The molecule has 0 aliphatic heterocycles. The van der Waals surface area contributed by atoms with Crippen LogP contribution in [0.3, 0.4) is 0 Å². The van der Waals surface area contributed by atoms with E-state index in [1.54, 1.807) is 84.9 Å². The standard InChI is InChI=1S/C26H27N2O6P/c1-2-18-31-19-17-28-26(29)32-25(20-21-13-15-22(27)16-14-21)35(30,33-23-9-5-3-6-10-23)34-24-11-7-4-8-12-24/h1,3-16,25H,17-20,27H2,(H,28,29). The maximum Gasteiger partial charge on any atom is 0.471 e. The Bertz CT molecular complexity index is 1100. The molecule has 0 fully saturated rings. The van der Waals surface area contributed by atoms with Crippen LogP contribution in [0.1, 0.15) is 5.56 Å². The zero-order valence-electron chi connectivity index (χ0n) is 19.0. The third kappa shape index (κ3) is 8.42. The van der Waals surface area contributed by atoms with E-state index in [2.05, 4.69) is 11.2 Å². The van der Waals surface area contributed by atoms with E-state index in [0.717, 1.165) is 5.56 Å². The highest BCUT2D eigenvalue weighted by Gasteiger charge is 2.43. The molecule has 35 heavy (non-hydrogen) atoms. The number of rotatable bonds is 12. The summed E-state index contributed by atoms with van der Waals surface area (Å²) in [6.45, 7) is 0.473. The molecule has 0 spiro atoms. The zero-order chi connectivity index (χ0) is 24.9. The van der Waals surface area contributed by atoms with Gasteiger partial charge in [-0.25, -0.2) is 9.36 Å². The molecular weight excluding hydrogens is 467 g/mol. The van der Waals surface area contributed by atoms with E-state index in [4.69, 9.17) is 30.7 Å². The van der Waals surface area contributed by atoms with E-state index >= 15 is 0 Å². The van der Waals surface area contributed by atoms with E-state index in [-0.39, 0.29) is 26.2 Å². The van der Waals surface area contributed by atoms with Crippen LogP contribution in [0.25, 0.3) is 0 Å². The highest BCUT2D eigenvalue weighted by molar-refractivity contribution is 7.55. The smallest absolute Gasteiger partial charge is 0.430 e. The highest BCUT2D eigenvalue weighted by atomic mass is 31.2. The zero-order valence-corrected chi connectivity index (χ0v) is 19.9. The summed E-state index contributed by atoms with van der Waals surface area (Å²) in [7, 11) is -4.13. The Balaban J connectivity index is 1.87. The van der Waals surface area contributed by atoms with Crippen molar-refractivity contribution in [1.29, 1.82) is 0 Å². The van der Waals surface area contributed by atoms with Gasteiger partial charge in [0.05, 0.1) is 6.61 Å². The summed E-state index contributed by atoms with van der Waals surface area (Å²) < 4.78 is 36.8. The van der Waals surface area contributed by atoms with Crippen LogP contribution in [0, 0.1) is 12.3 Å². The van der Waals surface area contributed by atoms with Crippen molar-refractivity contribution < 1.29 is 27.9 Å². The first-order valence-corrected chi connectivity index (χ1v) is 12.5. The minimum Gasteiger partial charge on any atom is -0.430 e. The van der Waals surface area contributed by atoms with Crippen LogP contribution in [0.4, 0.5) is 10.5 Å². The van der Waals surface area contributed by atoms with Gasteiger partial charge in [0.15, 0.2) is 0 Å². The first-order chi connectivity index (χ1) is 17.0. The number of para-hydroxylation sites is 2. The first-order valence-electron chi connectivity index (χ1n) is 10.9. The van der Waals surface area contributed by atoms with Crippen LogP contribution < -0.4 is 20.1 Å². The van der Waals surface area contributed by atoms with Crippen LogP contribution in [-0.4, -0.2) is 31.7 Å². The lowest BCUT2D eigenvalue weighted by Gasteiger charge is -2.27. The van der Waals surface area contributed by atoms with Crippen molar-refractivity contribution in [3.63, 3.8) is 0 Å². The largest absolute Gasteiger partial charge is 0.471 e. The number of anilines is 1. The van der Waals surface area contributed by atoms with Crippen LogP contribution in [-0.2, 0) is 20.5 Å². The van der Waals surface area contributed by atoms with Gasteiger partial charge in [-0.1, -0.05) is 54.5 Å². The second kappa shape index (κ2) is 13.1.